The van der Waals surface area contributed by atoms with Gasteiger partial charge in [0, 0.05) is 25.6 Å². The van der Waals surface area contributed by atoms with Crippen LogP contribution in [-0.4, -0.2) is 65.4 Å². The number of ether oxygens (including phenoxy) is 1. The Bertz CT molecular complexity index is 1020. The maximum absolute atomic E-state index is 13.5. The highest BCUT2D eigenvalue weighted by Gasteiger charge is 2.35. The molecule has 0 bridgehead atoms. The normalized spacial score (nSPS) is 16.9. The van der Waals surface area contributed by atoms with E-state index in [0.29, 0.717) is 19.5 Å². The molecular weight excluding hydrogens is 472 g/mol. The highest BCUT2D eigenvalue weighted by Crippen LogP contribution is 2.19. The maximum Gasteiger partial charge on any atom is 0.404 e. The van der Waals surface area contributed by atoms with Gasteiger partial charge in [-0.1, -0.05) is 74.5 Å². The minimum atomic E-state index is -1.09. The molecule has 1 fully saturated rings. The third-order valence-electron chi connectivity index (χ3n) is 6.52. The highest BCUT2D eigenvalue weighted by molar-refractivity contribution is 5.87. The number of carbonyl (C=O) groups is 3. The van der Waals surface area contributed by atoms with Crippen LogP contribution in [0.2, 0.25) is 0 Å². The summed E-state index contributed by atoms with van der Waals surface area (Å²) in [4.78, 5) is 39.2. The second kappa shape index (κ2) is 13.6. The van der Waals surface area contributed by atoms with E-state index in [1.807, 2.05) is 74.5 Å². The number of aliphatic hydroxyl groups is 1. The molecule has 0 spiro atoms. The van der Waals surface area contributed by atoms with Gasteiger partial charge in [-0.05, 0) is 36.3 Å². The maximum atomic E-state index is 13.5. The van der Waals surface area contributed by atoms with Gasteiger partial charge in [0.15, 0.2) is 0 Å². The molecule has 200 valence electrons. The lowest BCUT2D eigenvalue weighted by Gasteiger charge is -2.37. The number of rotatable bonds is 12. The summed E-state index contributed by atoms with van der Waals surface area (Å²) in [5.74, 6) is -0.397. The first-order valence-electron chi connectivity index (χ1n) is 12.8. The second-order valence-corrected chi connectivity index (χ2v) is 9.83. The predicted octanol–water partition coefficient (Wildman–Crippen LogP) is 2.61. The number of benzene rings is 2. The summed E-state index contributed by atoms with van der Waals surface area (Å²) in [5, 5.41) is 17.0. The molecule has 0 unspecified atom stereocenters. The minimum Gasteiger partial charge on any atom is -0.443 e. The SMILES string of the molecule is CC(C)[C@@H](C(=O)N[C@@H](Cc1ccccc1)C[C@@H](O)[C@H](Cc1ccccc1)OC(N)=O)N1CCCNC1=O. The van der Waals surface area contributed by atoms with E-state index < -0.39 is 30.4 Å². The lowest BCUT2D eigenvalue weighted by molar-refractivity contribution is -0.128. The molecule has 2 aromatic rings. The number of urea groups is 1. The fourth-order valence-corrected chi connectivity index (χ4v) is 4.79. The van der Waals surface area contributed by atoms with Crippen LogP contribution in [0.1, 0.15) is 37.8 Å². The van der Waals surface area contributed by atoms with Crippen molar-refractivity contribution < 1.29 is 24.2 Å². The van der Waals surface area contributed by atoms with Crippen molar-refractivity contribution in [1.29, 1.82) is 0 Å². The molecule has 3 rings (SSSR count). The molecule has 4 amide bonds. The van der Waals surface area contributed by atoms with E-state index in [9.17, 15) is 19.5 Å². The van der Waals surface area contributed by atoms with Gasteiger partial charge in [-0.3, -0.25) is 4.79 Å². The number of hydrogen-bond donors (Lipinski definition) is 4. The summed E-state index contributed by atoms with van der Waals surface area (Å²) in [6.07, 6.45) is -1.32. The molecule has 9 nitrogen and oxygen atoms in total. The molecule has 0 aliphatic carbocycles. The fraction of sp³-hybridized carbons (Fsp3) is 0.464. The molecule has 1 aliphatic rings. The average Bonchev–Trinajstić information content (AvgIpc) is 2.85. The van der Waals surface area contributed by atoms with Gasteiger partial charge in [0.25, 0.3) is 0 Å². The van der Waals surface area contributed by atoms with Crippen LogP contribution in [0.4, 0.5) is 9.59 Å². The highest BCUT2D eigenvalue weighted by atomic mass is 16.6. The molecule has 4 atom stereocenters. The van der Waals surface area contributed by atoms with Crippen LogP contribution in [0.3, 0.4) is 0 Å². The summed E-state index contributed by atoms with van der Waals surface area (Å²) in [6.45, 7) is 4.90. The van der Waals surface area contributed by atoms with Gasteiger partial charge in [-0.25, -0.2) is 9.59 Å². The smallest absolute Gasteiger partial charge is 0.404 e. The molecule has 0 saturated carbocycles. The molecule has 37 heavy (non-hydrogen) atoms. The van der Waals surface area contributed by atoms with E-state index in [2.05, 4.69) is 10.6 Å². The van der Waals surface area contributed by atoms with Gasteiger partial charge in [-0.2, -0.15) is 0 Å². The molecule has 1 aliphatic heterocycles. The standard InChI is InChI=1S/C28H38N4O5/c1-19(2)25(32-15-9-14-30-28(32)36)26(34)31-22(16-20-10-5-3-6-11-20)18-23(33)24(37-27(29)35)17-21-12-7-4-8-13-21/h3-8,10-13,19,22-25,33H,9,14-18H2,1-2H3,(H2,29,35)(H,30,36)(H,31,34)/t22-,23+,24-,25-/m0/s1. The third kappa shape index (κ3) is 8.49. The van der Waals surface area contributed by atoms with Crippen molar-refractivity contribution in [3.8, 4) is 0 Å². The Kier molecular flexibility index (Phi) is 10.3. The van der Waals surface area contributed by atoms with Crippen LogP contribution < -0.4 is 16.4 Å². The predicted molar refractivity (Wildman–Crippen MR) is 141 cm³/mol. The van der Waals surface area contributed by atoms with E-state index in [1.165, 1.54) is 0 Å². The first-order valence-corrected chi connectivity index (χ1v) is 12.8. The van der Waals surface area contributed by atoms with Crippen LogP contribution in [0.5, 0.6) is 0 Å². The van der Waals surface area contributed by atoms with Crippen molar-refractivity contribution in [2.45, 2.75) is 63.8 Å². The Balaban J connectivity index is 1.79. The van der Waals surface area contributed by atoms with Gasteiger partial charge in [-0.15, -0.1) is 0 Å². The first-order chi connectivity index (χ1) is 17.7. The monoisotopic (exact) mass is 510 g/mol. The molecule has 0 aromatic heterocycles. The molecular formula is C28H38N4O5. The number of amides is 4. The van der Waals surface area contributed by atoms with Gasteiger partial charge in [0.05, 0.1) is 6.10 Å². The summed E-state index contributed by atoms with van der Waals surface area (Å²) >= 11 is 0. The zero-order valence-electron chi connectivity index (χ0n) is 21.5. The zero-order valence-corrected chi connectivity index (χ0v) is 21.5. The summed E-state index contributed by atoms with van der Waals surface area (Å²) < 4.78 is 5.28. The van der Waals surface area contributed by atoms with Crippen LogP contribution in [0.15, 0.2) is 60.7 Å². The second-order valence-electron chi connectivity index (χ2n) is 9.83. The molecule has 5 N–H and O–H groups in total. The van der Waals surface area contributed by atoms with E-state index in [4.69, 9.17) is 10.5 Å². The van der Waals surface area contributed by atoms with Crippen molar-refractivity contribution >= 4 is 18.0 Å². The van der Waals surface area contributed by atoms with Gasteiger partial charge < -0.3 is 31.1 Å². The van der Waals surface area contributed by atoms with Crippen LogP contribution in [0.25, 0.3) is 0 Å². The lowest BCUT2D eigenvalue weighted by atomic mass is 9.94. The molecule has 1 heterocycles. The summed E-state index contributed by atoms with van der Waals surface area (Å²) in [6, 6.07) is 17.6. The van der Waals surface area contributed by atoms with Crippen molar-refractivity contribution in [2.75, 3.05) is 13.1 Å². The number of hydrogen-bond acceptors (Lipinski definition) is 5. The van der Waals surface area contributed by atoms with Crippen molar-refractivity contribution in [3.63, 3.8) is 0 Å². The molecule has 0 radical (unpaired) electrons. The van der Waals surface area contributed by atoms with Crippen LogP contribution in [-0.2, 0) is 22.4 Å². The van der Waals surface area contributed by atoms with Crippen LogP contribution >= 0.6 is 0 Å². The van der Waals surface area contributed by atoms with Gasteiger partial charge in [0.2, 0.25) is 5.91 Å². The van der Waals surface area contributed by atoms with Crippen molar-refractivity contribution in [3.05, 3.63) is 71.8 Å². The van der Waals surface area contributed by atoms with Gasteiger partial charge in [0.1, 0.15) is 12.1 Å². The average molecular weight is 511 g/mol. The Labute approximate surface area is 218 Å². The number of nitrogens with zero attached hydrogens (tertiary/aromatic N) is 1. The van der Waals surface area contributed by atoms with E-state index in [0.717, 1.165) is 17.5 Å². The first kappa shape index (κ1) is 28.0. The Hall–Kier alpha value is -3.59. The van der Waals surface area contributed by atoms with Gasteiger partial charge >= 0.3 is 12.1 Å². The number of primary amides is 1. The zero-order chi connectivity index (χ0) is 26.8. The van der Waals surface area contributed by atoms with E-state index in [1.54, 1.807) is 4.90 Å². The summed E-state index contributed by atoms with van der Waals surface area (Å²) in [7, 11) is 0. The number of nitrogens with one attached hydrogen (secondary N) is 2. The van der Waals surface area contributed by atoms with Crippen LogP contribution in [0, 0.1) is 5.92 Å². The topological polar surface area (TPSA) is 134 Å². The summed E-state index contributed by atoms with van der Waals surface area (Å²) in [5.41, 5.74) is 7.16. The number of aliphatic hydroxyl groups excluding tert-OH is 1. The number of carbonyl (C=O) groups excluding carboxylic acids is 3. The fourth-order valence-electron chi connectivity index (χ4n) is 4.79. The molecule has 9 heteroatoms. The third-order valence-corrected chi connectivity index (χ3v) is 6.52. The Morgan fingerprint density at radius 2 is 1.65 bits per heavy atom. The van der Waals surface area contributed by atoms with E-state index in [-0.39, 0.29) is 30.7 Å². The Morgan fingerprint density at radius 1 is 1.05 bits per heavy atom. The van der Waals surface area contributed by atoms with Crippen molar-refractivity contribution in [2.24, 2.45) is 11.7 Å². The largest absolute Gasteiger partial charge is 0.443 e. The number of nitrogens with two attached hydrogens (primary N) is 1. The lowest BCUT2D eigenvalue weighted by Crippen LogP contribution is -2.59. The minimum absolute atomic E-state index is 0.116. The van der Waals surface area contributed by atoms with E-state index >= 15 is 0 Å². The Morgan fingerprint density at radius 3 is 2.19 bits per heavy atom. The molecule has 1 saturated heterocycles. The quantitative estimate of drug-likeness (QED) is 0.348. The van der Waals surface area contributed by atoms with Crippen molar-refractivity contribution in [1.82, 2.24) is 15.5 Å². The molecule has 2 aromatic carbocycles.